The average Bonchev–Trinajstić information content (AvgIpc) is 1.64. The first-order chi connectivity index (χ1) is 3.79. The van der Waals surface area contributed by atoms with Crippen molar-refractivity contribution in [3.63, 3.8) is 0 Å². The molecule has 0 amide bonds. The molecule has 0 spiro atoms. The Morgan fingerprint density at radius 2 is 1.75 bits per heavy atom. The van der Waals surface area contributed by atoms with Gasteiger partial charge >= 0.3 is 0 Å². The zero-order valence-electron chi connectivity index (χ0n) is 4.23. The van der Waals surface area contributed by atoms with E-state index in [1.807, 2.05) is 0 Å². The van der Waals surface area contributed by atoms with Gasteiger partial charge in [-0.3, -0.25) is 5.32 Å². The lowest BCUT2D eigenvalue weighted by atomic mass is 10.5. The molecule has 0 saturated carbocycles. The van der Waals surface area contributed by atoms with Crippen molar-refractivity contribution < 1.29 is 4.74 Å². The van der Waals surface area contributed by atoms with Crippen molar-refractivity contribution in [2.75, 3.05) is 13.2 Å². The second-order valence-electron chi connectivity index (χ2n) is 1.64. The third-order valence-electron chi connectivity index (χ3n) is 0.890. The summed E-state index contributed by atoms with van der Waals surface area (Å²) in [5.74, 6) is 0. The molecule has 1 rings (SSSR count). The Morgan fingerprint density at radius 1 is 1.25 bits per heavy atom. The lowest BCUT2D eigenvalue weighted by Crippen LogP contribution is -2.42. The van der Waals surface area contributed by atoms with Crippen LogP contribution in [0.4, 0.5) is 0 Å². The van der Waals surface area contributed by atoms with Crippen LogP contribution in [0.5, 0.6) is 0 Å². The largest absolute Gasteiger partial charge is 0.376 e. The standard InChI is InChI=1S/C4H7Cl2NO/c5-3-1-8-2-4(6)7-3/h3-4,7H,1-2H2. The second kappa shape index (κ2) is 2.87. The lowest BCUT2D eigenvalue weighted by Gasteiger charge is -2.22. The predicted octanol–water partition coefficient (Wildman–Crippen LogP) is 0.736. The monoisotopic (exact) mass is 155 g/mol. The molecule has 1 N–H and O–H groups in total. The van der Waals surface area contributed by atoms with Gasteiger partial charge < -0.3 is 4.74 Å². The van der Waals surface area contributed by atoms with Crippen LogP contribution in [0.15, 0.2) is 0 Å². The number of hydrogen-bond acceptors (Lipinski definition) is 2. The molecule has 2 unspecified atom stereocenters. The fourth-order valence-corrected chi connectivity index (χ4v) is 1.11. The number of morpholine rings is 1. The molecule has 0 bridgehead atoms. The van der Waals surface area contributed by atoms with E-state index in [0.29, 0.717) is 13.2 Å². The number of hydrogen-bond donors (Lipinski definition) is 1. The number of halogens is 2. The minimum atomic E-state index is -0.119. The van der Waals surface area contributed by atoms with Crippen molar-refractivity contribution in [2.24, 2.45) is 0 Å². The normalized spacial score (nSPS) is 39.8. The summed E-state index contributed by atoms with van der Waals surface area (Å²) in [5.41, 5.74) is -0.238. The minimum absolute atomic E-state index is 0.119. The van der Waals surface area contributed by atoms with Crippen LogP contribution in [-0.4, -0.2) is 24.2 Å². The van der Waals surface area contributed by atoms with Gasteiger partial charge in [-0.2, -0.15) is 0 Å². The Kier molecular flexibility index (Phi) is 2.38. The first-order valence-corrected chi connectivity index (χ1v) is 3.28. The first-order valence-electron chi connectivity index (χ1n) is 2.41. The van der Waals surface area contributed by atoms with Gasteiger partial charge in [-0.25, -0.2) is 0 Å². The topological polar surface area (TPSA) is 21.3 Å². The SMILES string of the molecule is ClC1COCC(Cl)N1. The van der Waals surface area contributed by atoms with E-state index in [2.05, 4.69) is 5.32 Å². The molecule has 0 radical (unpaired) electrons. The number of alkyl halides is 2. The summed E-state index contributed by atoms with van der Waals surface area (Å²) in [6.07, 6.45) is 0. The van der Waals surface area contributed by atoms with Crippen LogP contribution >= 0.6 is 23.2 Å². The molecule has 0 aromatic carbocycles. The molecular formula is C4H7Cl2NO. The maximum atomic E-state index is 5.59. The molecule has 1 aliphatic heterocycles. The smallest absolute Gasteiger partial charge is 0.107 e. The fraction of sp³-hybridized carbons (Fsp3) is 1.00. The quantitative estimate of drug-likeness (QED) is 0.412. The van der Waals surface area contributed by atoms with E-state index in [-0.39, 0.29) is 11.0 Å². The molecule has 1 aliphatic rings. The molecule has 0 aromatic rings. The molecule has 1 saturated heterocycles. The van der Waals surface area contributed by atoms with Gasteiger partial charge in [0.05, 0.1) is 13.2 Å². The van der Waals surface area contributed by atoms with Crippen molar-refractivity contribution in [2.45, 2.75) is 11.0 Å². The number of nitrogens with one attached hydrogen (secondary N) is 1. The molecule has 0 aromatic heterocycles. The maximum Gasteiger partial charge on any atom is 0.107 e. The molecule has 0 aliphatic carbocycles. The van der Waals surface area contributed by atoms with Crippen molar-refractivity contribution in [1.82, 2.24) is 5.32 Å². The Balaban J connectivity index is 2.23. The summed E-state index contributed by atoms with van der Waals surface area (Å²) in [7, 11) is 0. The summed E-state index contributed by atoms with van der Waals surface area (Å²) in [5, 5.41) is 2.89. The zero-order chi connectivity index (χ0) is 5.98. The third kappa shape index (κ3) is 1.78. The van der Waals surface area contributed by atoms with Crippen LogP contribution in [0.1, 0.15) is 0 Å². The lowest BCUT2D eigenvalue weighted by molar-refractivity contribution is 0.0879. The molecule has 1 heterocycles. The molecule has 2 atom stereocenters. The highest BCUT2D eigenvalue weighted by atomic mass is 35.5. The number of ether oxygens (including phenoxy) is 1. The highest BCUT2D eigenvalue weighted by Crippen LogP contribution is 2.04. The van der Waals surface area contributed by atoms with E-state index in [1.165, 1.54) is 0 Å². The molecular weight excluding hydrogens is 149 g/mol. The molecule has 4 heteroatoms. The Labute approximate surface area is 58.1 Å². The Morgan fingerprint density at radius 3 is 2.00 bits per heavy atom. The first kappa shape index (κ1) is 6.62. The summed E-state index contributed by atoms with van der Waals surface area (Å²) in [6.45, 7) is 1.09. The van der Waals surface area contributed by atoms with Crippen molar-refractivity contribution in [3.8, 4) is 0 Å². The van der Waals surface area contributed by atoms with Gasteiger partial charge in [-0.05, 0) is 0 Å². The number of rotatable bonds is 0. The van der Waals surface area contributed by atoms with Crippen molar-refractivity contribution in [1.29, 1.82) is 0 Å². The van der Waals surface area contributed by atoms with Gasteiger partial charge in [-0.15, -0.1) is 23.2 Å². The summed E-state index contributed by atoms with van der Waals surface area (Å²) in [4.78, 5) is 0. The van der Waals surface area contributed by atoms with E-state index in [9.17, 15) is 0 Å². The third-order valence-corrected chi connectivity index (χ3v) is 1.39. The van der Waals surface area contributed by atoms with Gasteiger partial charge in [0.25, 0.3) is 0 Å². The van der Waals surface area contributed by atoms with E-state index in [0.717, 1.165) is 0 Å². The minimum Gasteiger partial charge on any atom is -0.376 e. The van der Waals surface area contributed by atoms with Crippen LogP contribution in [0.25, 0.3) is 0 Å². The fourth-order valence-electron chi connectivity index (χ4n) is 0.567. The zero-order valence-corrected chi connectivity index (χ0v) is 5.74. The summed E-state index contributed by atoms with van der Waals surface area (Å²) < 4.78 is 4.97. The van der Waals surface area contributed by atoms with Crippen LogP contribution in [0.2, 0.25) is 0 Å². The van der Waals surface area contributed by atoms with E-state index < -0.39 is 0 Å². The molecule has 8 heavy (non-hydrogen) atoms. The van der Waals surface area contributed by atoms with Crippen LogP contribution in [0, 0.1) is 0 Å². The summed E-state index contributed by atoms with van der Waals surface area (Å²) in [6, 6.07) is 0. The van der Waals surface area contributed by atoms with E-state index in [4.69, 9.17) is 27.9 Å². The Hall–Kier alpha value is 0.500. The van der Waals surface area contributed by atoms with Crippen LogP contribution in [0.3, 0.4) is 0 Å². The van der Waals surface area contributed by atoms with Crippen molar-refractivity contribution >= 4 is 23.2 Å². The van der Waals surface area contributed by atoms with Crippen LogP contribution in [-0.2, 0) is 4.74 Å². The molecule has 48 valence electrons. The highest BCUT2D eigenvalue weighted by Gasteiger charge is 2.16. The summed E-state index contributed by atoms with van der Waals surface area (Å²) >= 11 is 11.2. The average molecular weight is 156 g/mol. The van der Waals surface area contributed by atoms with E-state index >= 15 is 0 Å². The molecule has 1 fully saturated rings. The predicted molar refractivity (Wildman–Crippen MR) is 33.2 cm³/mol. The van der Waals surface area contributed by atoms with Crippen LogP contribution < -0.4 is 5.32 Å². The Bertz CT molecular complexity index is 72.4. The second-order valence-corrected chi connectivity index (χ2v) is 2.69. The highest BCUT2D eigenvalue weighted by molar-refractivity contribution is 6.23. The van der Waals surface area contributed by atoms with Gasteiger partial charge in [0.2, 0.25) is 0 Å². The molecule has 2 nitrogen and oxygen atoms in total. The van der Waals surface area contributed by atoms with Gasteiger partial charge in [0, 0.05) is 0 Å². The van der Waals surface area contributed by atoms with E-state index in [1.54, 1.807) is 0 Å². The van der Waals surface area contributed by atoms with Gasteiger partial charge in [0.1, 0.15) is 11.0 Å². The maximum absolute atomic E-state index is 5.59. The van der Waals surface area contributed by atoms with Gasteiger partial charge in [-0.1, -0.05) is 0 Å². The van der Waals surface area contributed by atoms with Gasteiger partial charge in [0.15, 0.2) is 0 Å². The van der Waals surface area contributed by atoms with Crippen molar-refractivity contribution in [3.05, 3.63) is 0 Å².